The highest BCUT2D eigenvalue weighted by Gasteiger charge is 2.23. The van der Waals surface area contributed by atoms with Gasteiger partial charge in [-0.2, -0.15) is 5.10 Å². The van der Waals surface area contributed by atoms with Crippen molar-refractivity contribution in [2.45, 2.75) is 39.3 Å². The quantitative estimate of drug-likeness (QED) is 0.705. The van der Waals surface area contributed by atoms with Crippen LogP contribution >= 0.6 is 0 Å². The van der Waals surface area contributed by atoms with Gasteiger partial charge in [0.05, 0.1) is 5.39 Å². The second-order valence-electron chi connectivity index (χ2n) is 6.51. The lowest BCUT2D eigenvalue weighted by atomic mass is 10.1. The van der Waals surface area contributed by atoms with Crippen LogP contribution in [0.25, 0.3) is 10.8 Å². The average Bonchev–Trinajstić information content (AvgIpc) is 2.60. The molecule has 2 rings (SSSR count). The van der Waals surface area contributed by atoms with Crippen molar-refractivity contribution in [2.75, 3.05) is 0 Å². The Kier molecular flexibility index (Phi) is 6.27. The summed E-state index contributed by atoms with van der Waals surface area (Å²) in [5.41, 5.74) is -0.224. The van der Waals surface area contributed by atoms with Crippen LogP contribution in [0.15, 0.2) is 41.7 Å². The van der Waals surface area contributed by atoms with Crippen LogP contribution in [-0.2, 0) is 11.3 Å². The summed E-state index contributed by atoms with van der Waals surface area (Å²) < 4.78 is 1.27. The van der Waals surface area contributed by atoms with Crippen molar-refractivity contribution in [3.05, 3.63) is 53.0 Å². The molecule has 7 heteroatoms. The molecule has 1 aromatic heterocycles. The van der Waals surface area contributed by atoms with Crippen LogP contribution in [0.3, 0.4) is 0 Å². The number of fused-ring (bicyclic) bond motifs is 1. The third-order valence-corrected chi connectivity index (χ3v) is 3.88. The summed E-state index contributed by atoms with van der Waals surface area (Å²) >= 11 is 0. The summed E-state index contributed by atoms with van der Waals surface area (Å²) in [5, 5.41) is 16.8. The summed E-state index contributed by atoms with van der Waals surface area (Å²) in [7, 11) is 0. The number of carboxylic acids is 1. The SMILES string of the molecule is C=CCCC(NC(=O)c1nn(CC(C)C)c(=O)c2ccccc12)C(=O)O. The fourth-order valence-electron chi connectivity index (χ4n) is 2.64. The minimum absolute atomic E-state index is 0.0469. The van der Waals surface area contributed by atoms with Crippen molar-refractivity contribution in [2.24, 2.45) is 5.92 Å². The van der Waals surface area contributed by atoms with E-state index in [0.717, 1.165) is 0 Å². The molecule has 0 saturated carbocycles. The average molecular weight is 357 g/mol. The van der Waals surface area contributed by atoms with Crippen LogP contribution in [0.1, 0.15) is 37.2 Å². The van der Waals surface area contributed by atoms with Crippen LogP contribution < -0.4 is 10.9 Å². The summed E-state index contributed by atoms with van der Waals surface area (Å²) in [6, 6.07) is 5.65. The molecule has 0 saturated heterocycles. The zero-order valence-corrected chi connectivity index (χ0v) is 14.9. The van der Waals surface area contributed by atoms with Crippen molar-refractivity contribution in [1.82, 2.24) is 15.1 Å². The molecule has 0 aliphatic heterocycles. The van der Waals surface area contributed by atoms with Gasteiger partial charge in [0.2, 0.25) is 0 Å². The molecule has 1 amide bonds. The van der Waals surface area contributed by atoms with Gasteiger partial charge < -0.3 is 10.4 Å². The Morgan fingerprint density at radius 1 is 1.31 bits per heavy atom. The first-order valence-corrected chi connectivity index (χ1v) is 8.49. The Balaban J connectivity index is 2.48. The molecule has 2 N–H and O–H groups in total. The summed E-state index contributed by atoms with van der Waals surface area (Å²) in [5.74, 6) is -1.58. The molecule has 7 nitrogen and oxygen atoms in total. The smallest absolute Gasteiger partial charge is 0.326 e. The summed E-state index contributed by atoms with van der Waals surface area (Å²) in [6.07, 6.45) is 2.28. The number of nitrogens with one attached hydrogen (secondary N) is 1. The minimum Gasteiger partial charge on any atom is -0.480 e. The van der Waals surface area contributed by atoms with Crippen LogP contribution in [-0.4, -0.2) is 32.8 Å². The van der Waals surface area contributed by atoms with E-state index >= 15 is 0 Å². The summed E-state index contributed by atoms with van der Waals surface area (Å²) in [4.78, 5) is 36.7. The molecule has 0 aliphatic carbocycles. The topological polar surface area (TPSA) is 101 Å². The van der Waals surface area contributed by atoms with Gasteiger partial charge in [0.15, 0.2) is 5.69 Å². The lowest BCUT2D eigenvalue weighted by Crippen LogP contribution is -2.42. The maximum absolute atomic E-state index is 12.7. The van der Waals surface area contributed by atoms with Gasteiger partial charge >= 0.3 is 5.97 Å². The molecule has 0 spiro atoms. The number of hydrogen-bond donors (Lipinski definition) is 2. The fraction of sp³-hybridized carbons (Fsp3) is 0.368. The highest BCUT2D eigenvalue weighted by Crippen LogP contribution is 2.14. The Labute approximate surface area is 151 Å². The largest absolute Gasteiger partial charge is 0.480 e. The van der Waals surface area contributed by atoms with Crippen molar-refractivity contribution in [1.29, 1.82) is 0 Å². The van der Waals surface area contributed by atoms with Gasteiger partial charge in [-0.25, -0.2) is 9.48 Å². The standard InChI is InChI=1S/C19H23N3O4/c1-4-5-10-15(19(25)26)20-17(23)16-13-8-6-7-9-14(13)18(24)22(21-16)11-12(2)3/h4,6-9,12,15H,1,5,10-11H2,2-3H3,(H,20,23)(H,25,26). The Bertz CT molecular complexity index is 886. The molecule has 0 bridgehead atoms. The van der Waals surface area contributed by atoms with Crippen molar-refractivity contribution in [3.8, 4) is 0 Å². The number of amides is 1. The lowest BCUT2D eigenvalue weighted by Gasteiger charge is -2.16. The van der Waals surface area contributed by atoms with Crippen molar-refractivity contribution in [3.63, 3.8) is 0 Å². The minimum atomic E-state index is -1.12. The zero-order chi connectivity index (χ0) is 19.3. The number of carboxylic acid groups (broad SMARTS) is 1. The van der Waals surface area contributed by atoms with Gasteiger partial charge in [0.1, 0.15) is 6.04 Å². The van der Waals surface area contributed by atoms with Gasteiger partial charge in [0.25, 0.3) is 11.5 Å². The molecule has 26 heavy (non-hydrogen) atoms. The molecular weight excluding hydrogens is 334 g/mol. The summed E-state index contributed by atoms with van der Waals surface area (Å²) in [6.45, 7) is 7.81. The monoisotopic (exact) mass is 357 g/mol. The maximum atomic E-state index is 12.7. The number of aromatic nitrogens is 2. The number of aliphatic carboxylic acids is 1. The first kappa shape index (κ1) is 19.4. The molecule has 0 aliphatic rings. The molecule has 1 unspecified atom stereocenters. The van der Waals surface area contributed by atoms with E-state index in [0.29, 0.717) is 23.7 Å². The van der Waals surface area contributed by atoms with Crippen molar-refractivity contribution >= 4 is 22.6 Å². The lowest BCUT2D eigenvalue weighted by molar-refractivity contribution is -0.139. The van der Waals surface area contributed by atoms with E-state index in [1.54, 1.807) is 30.3 Å². The zero-order valence-electron chi connectivity index (χ0n) is 14.9. The third-order valence-electron chi connectivity index (χ3n) is 3.88. The highest BCUT2D eigenvalue weighted by molar-refractivity contribution is 6.05. The molecule has 1 heterocycles. The number of benzene rings is 1. The highest BCUT2D eigenvalue weighted by atomic mass is 16.4. The van der Waals surface area contributed by atoms with Crippen molar-refractivity contribution < 1.29 is 14.7 Å². The van der Waals surface area contributed by atoms with Crippen LogP contribution in [0, 0.1) is 5.92 Å². The molecule has 1 atom stereocenters. The van der Waals surface area contributed by atoms with Crippen LogP contribution in [0.4, 0.5) is 0 Å². The first-order valence-electron chi connectivity index (χ1n) is 8.49. The predicted molar refractivity (Wildman–Crippen MR) is 99.2 cm³/mol. The van der Waals surface area contributed by atoms with Crippen LogP contribution in [0.2, 0.25) is 0 Å². The Hall–Kier alpha value is -2.96. The second-order valence-corrected chi connectivity index (χ2v) is 6.51. The van der Waals surface area contributed by atoms with Gasteiger partial charge in [-0.15, -0.1) is 6.58 Å². The first-order chi connectivity index (χ1) is 12.3. The molecule has 0 radical (unpaired) electrons. The van der Waals surface area contributed by atoms with Gasteiger partial charge in [-0.05, 0) is 24.8 Å². The van der Waals surface area contributed by atoms with Crippen LogP contribution in [0.5, 0.6) is 0 Å². The van der Waals surface area contributed by atoms with E-state index in [9.17, 15) is 19.5 Å². The van der Waals surface area contributed by atoms with E-state index in [1.165, 1.54) is 4.68 Å². The fourth-order valence-corrected chi connectivity index (χ4v) is 2.64. The Morgan fingerprint density at radius 3 is 2.54 bits per heavy atom. The van der Waals surface area contributed by atoms with E-state index < -0.39 is 17.9 Å². The normalized spacial score (nSPS) is 12.1. The number of nitrogens with zero attached hydrogens (tertiary/aromatic N) is 2. The molecule has 2 aromatic rings. The number of allylic oxidation sites excluding steroid dienone is 1. The number of carbonyl (C=O) groups excluding carboxylic acids is 1. The number of carbonyl (C=O) groups is 2. The van der Waals surface area contributed by atoms with E-state index in [2.05, 4.69) is 17.0 Å². The maximum Gasteiger partial charge on any atom is 0.326 e. The molecular formula is C19H23N3O4. The molecule has 138 valence electrons. The van der Waals surface area contributed by atoms with E-state index in [-0.39, 0.29) is 23.6 Å². The predicted octanol–water partition coefficient (Wildman–Crippen LogP) is 2.20. The van der Waals surface area contributed by atoms with Gasteiger partial charge in [-0.1, -0.05) is 38.1 Å². The van der Waals surface area contributed by atoms with E-state index in [1.807, 2.05) is 13.8 Å². The van der Waals surface area contributed by atoms with E-state index in [4.69, 9.17) is 0 Å². The molecule has 1 aromatic carbocycles. The second kappa shape index (κ2) is 8.42. The third kappa shape index (κ3) is 4.36. The van der Waals surface area contributed by atoms with Gasteiger partial charge in [-0.3, -0.25) is 9.59 Å². The Morgan fingerprint density at radius 2 is 1.96 bits per heavy atom. The molecule has 0 fully saturated rings. The number of rotatable bonds is 8. The van der Waals surface area contributed by atoms with Gasteiger partial charge in [0, 0.05) is 11.9 Å². The number of hydrogen-bond acceptors (Lipinski definition) is 4.